The highest BCUT2D eigenvalue weighted by molar-refractivity contribution is 6.31. The lowest BCUT2D eigenvalue weighted by Crippen LogP contribution is -2.21. The average molecular weight is 215 g/mol. The van der Waals surface area contributed by atoms with Crippen molar-refractivity contribution in [1.82, 2.24) is 5.32 Å². The van der Waals surface area contributed by atoms with Crippen LogP contribution in [0.3, 0.4) is 0 Å². The van der Waals surface area contributed by atoms with Crippen molar-refractivity contribution in [2.45, 2.75) is 6.54 Å². The zero-order valence-corrected chi connectivity index (χ0v) is 8.97. The van der Waals surface area contributed by atoms with Gasteiger partial charge in [0, 0.05) is 24.7 Å². The van der Waals surface area contributed by atoms with Gasteiger partial charge < -0.3 is 15.8 Å². The Kier molecular flexibility index (Phi) is 4.73. The number of nitrogens with one attached hydrogen (secondary N) is 1. The fourth-order valence-corrected chi connectivity index (χ4v) is 1.36. The lowest BCUT2D eigenvalue weighted by atomic mass is 10.2. The zero-order valence-electron chi connectivity index (χ0n) is 8.22. The Bertz CT molecular complexity index is 291. The summed E-state index contributed by atoms with van der Waals surface area (Å²) in [5.74, 6) is 0.776. The molecule has 0 heterocycles. The van der Waals surface area contributed by atoms with Crippen molar-refractivity contribution >= 4 is 11.6 Å². The van der Waals surface area contributed by atoms with Gasteiger partial charge in [0.15, 0.2) is 0 Å². The van der Waals surface area contributed by atoms with Gasteiger partial charge in [-0.25, -0.2) is 0 Å². The lowest BCUT2D eigenvalue weighted by molar-refractivity contribution is 0.414. The molecule has 1 aromatic rings. The van der Waals surface area contributed by atoms with E-state index < -0.39 is 0 Å². The molecule has 4 heteroatoms. The number of hydrogen-bond acceptors (Lipinski definition) is 3. The minimum absolute atomic E-state index is 0.633. The van der Waals surface area contributed by atoms with Gasteiger partial charge in [-0.3, -0.25) is 0 Å². The molecule has 0 fully saturated rings. The molecule has 0 aliphatic carbocycles. The molecule has 0 unspecified atom stereocenters. The summed E-state index contributed by atoms with van der Waals surface area (Å²) >= 11 is 6.04. The van der Waals surface area contributed by atoms with Crippen molar-refractivity contribution in [2.75, 3.05) is 20.2 Å². The van der Waals surface area contributed by atoms with Gasteiger partial charge in [0.25, 0.3) is 0 Å². The van der Waals surface area contributed by atoms with Crippen LogP contribution in [0.5, 0.6) is 5.75 Å². The number of benzene rings is 1. The molecule has 1 rings (SSSR count). The number of hydrogen-bond donors (Lipinski definition) is 2. The van der Waals surface area contributed by atoms with Gasteiger partial charge in [0.2, 0.25) is 0 Å². The standard InChI is InChI=1S/C10H15ClN2O/c1-14-9-3-2-8(10(11)6-9)7-13-5-4-12/h2-3,6,13H,4-5,7,12H2,1H3. The molecule has 1 aromatic carbocycles. The Labute approximate surface area is 89.2 Å². The molecule has 0 saturated carbocycles. The quantitative estimate of drug-likeness (QED) is 0.729. The molecule has 3 nitrogen and oxygen atoms in total. The first-order chi connectivity index (χ1) is 6.77. The molecule has 0 aromatic heterocycles. The van der Waals surface area contributed by atoms with E-state index >= 15 is 0 Å². The maximum absolute atomic E-state index is 6.04. The molecule has 0 radical (unpaired) electrons. The number of nitrogens with two attached hydrogens (primary N) is 1. The van der Waals surface area contributed by atoms with Crippen molar-refractivity contribution in [3.05, 3.63) is 28.8 Å². The van der Waals surface area contributed by atoms with Gasteiger partial charge in [0.1, 0.15) is 5.75 Å². The van der Waals surface area contributed by atoms with Gasteiger partial charge in [-0.15, -0.1) is 0 Å². The second kappa shape index (κ2) is 5.86. The highest BCUT2D eigenvalue weighted by Crippen LogP contribution is 2.21. The Hall–Kier alpha value is -0.770. The molecular weight excluding hydrogens is 200 g/mol. The molecule has 0 saturated heterocycles. The maximum atomic E-state index is 6.04. The van der Waals surface area contributed by atoms with Crippen LogP contribution in [0, 0.1) is 0 Å². The van der Waals surface area contributed by atoms with Crippen LogP contribution in [0.15, 0.2) is 18.2 Å². The first kappa shape index (κ1) is 11.3. The monoisotopic (exact) mass is 214 g/mol. The summed E-state index contributed by atoms with van der Waals surface area (Å²) in [7, 11) is 1.62. The molecule has 0 spiro atoms. The average Bonchev–Trinajstić information content (AvgIpc) is 2.20. The van der Waals surface area contributed by atoms with E-state index in [0.717, 1.165) is 24.4 Å². The van der Waals surface area contributed by atoms with Crippen molar-refractivity contribution < 1.29 is 4.74 Å². The number of halogens is 1. The molecule has 0 atom stereocenters. The fourth-order valence-electron chi connectivity index (χ4n) is 1.12. The van der Waals surface area contributed by atoms with Crippen LogP contribution in [-0.2, 0) is 6.54 Å². The predicted molar refractivity (Wildman–Crippen MR) is 58.8 cm³/mol. The molecule has 3 N–H and O–H groups in total. The van der Waals surface area contributed by atoms with Crippen LogP contribution in [-0.4, -0.2) is 20.2 Å². The third-order valence-electron chi connectivity index (χ3n) is 1.90. The van der Waals surface area contributed by atoms with Gasteiger partial charge >= 0.3 is 0 Å². The highest BCUT2D eigenvalue weighted by atomic mass is 35.5. The second-order valence-corrected chi connectivity index (χ2v) is 3.33. The van der Waals surface area contributed by atoms with Crippen molar-refractivity contribution in [3.8, 4) is 5.75 Å². The van der Waals surface area contributed by atoms with Gasteiger partial charge in [-0.05, 0) is 17.7 Å². The second-order valence-electron chi connectivity index (χ2n) is 2.92. The summed E-state index contributed by atoms with van der Waals surface area (Å²) in [5.41, 5.74) is 6.42. The van der Waals surface area contributed by atoms with Crippen LogP contribution >= 0.6 is 11.6 Å². The van der Waals surface area contributed by atoms with Crippen molar-refractivity contribution in [1.29, 1.82) is 0 Å². The minimum Gasteiger partial charge on any atom is -0.497 e. The topological polar surface area (TPSA) is 47.3 Å². The van der Waals surface area contributed by atoms with Gasteiger partial charge in [0.05, 0.1) is 7.11 Å². The maximum Gasteiger partial charge on any atom is 0.120 e. The van der Waals surface area contributed by atoms with Crippen LogP contribution in [0.1, 0.15) is 5.56 Å². The minimum atomic E-state index is 0.633. The molecule has 78 valence electrons. The Morgan fingerprint density at radius 1 is 1.50 bits per heavy atom. The van der Waals surface area contributed by atoms with E-state index in [9.17, 15) is 0 Å². The lowest BCUT2D eigenvalue weighted by Gasteiger charge is -2.07. The molecule has 0 aliphatic rings. The Morgan fingerprint density at radius 3 is 2.86 bits per heavy atom. The molecule has 14 heavy (non-hydrogen) atoms. The first-order valence-electron chi connectivity index (χ1n) is 4.51. The molecule has 0 bridgehead atoms. The summed E-state index contributed by atoms with van der Waals surface area (Å²) in [6, 6.07) is 5.65. The predicted octanol–water partition coefficient (Wildman–Crippen LogP) is 1.40. The third kappa shape index (κ3) is 3.18. The summed E-state index contributed by atoms with van der Waals surface area (Å²) < 4.78 is 5.05. The van der Waals surface area contributed by atoms with Gasteiger partial charge in [-0.1, -0.05) is 17.7 Å². The highest BCUT2D eigenvalue weighted by Gasteiger charge is 2.01. The summed E-state index contributed by atoms with van der Waals surface area (Å²) in [6.07, 6.45) is 0. The number of methoxy groups -OCH3 is 1. The van der Waals surface area contributed by atoms with Crippen LogP contribution in [0.2, 0.25) is 5.02 Å². The van der Waals surface area contributed by atoms with E-state index in [-0.39, 0.29) is 0 Å². The van der Waals surface area contributed by atoms with E-state index in [1.165, 1.54) is 0 Å². The van der Waals surface area contributed by atoms with E-state index in [2.05, 4.69) is 5.32 Å². The smallest absolute Gasteiger partial charge is 0.120 e. The normalized spacial score (nSPS) is 10.2. The molecule has 0 aliphatic heterocycles. The van der Waals surface area contributed by atoms with Crippen LogP contribution in [0.4, 0.5) is 0 Å². The van der Waals surface area contributed by atoms with Crippen molar-refractivity contribution in [2.24, 2.45) is 5.73 Å². The number of ether oxygens (including phenoxy) is 1. The van der Waals surface area contributed by atoms with E-state index in [4.69, 9.17) is 22.1 Å². The Morgan fingerprint density at radius 2 is 2.29 bits per heavy atom. The SMILES string of the molecule is COc1ccc(CNCCN)c(Cl)c1. The third-order valence-corrected chi connectivity index (χ3v) is 2.25. The summed E-state index contributed by atoms with van der Waals surface area (Å²) in [5, 5.41) is 3.90. The van der Waals surface area contributed by atoms with E-state index in [0.29, 0.717) is 11.6 Å². The van der Waals surface area contributed by atoms with E-state index in [1.807, 2.05) is 12.1 Å². The summed E-state index contributed by atoms with van der Waals surface area (Å²) in [4.78, 5) is 0. The fraction of sp³-hybridized carbons (Fsp3) is 0.400. The molecule has 0 amide bonds. The largest absolute Gasteiger partial charge is 0.497 e. The summed E-state index contributed by atoms with van der Waals surface area (Å²) in [6.45, 7) is 2.16. The Balaban J connectivity index is 2.59. The zero-order chi connectivity index (χ0) is 10.4. The first-order valence-corrected chi connectivity index (χ1v) is 4.89. The van der Waals surface area contributed by atoms with E-state index in [1.54, 1.807) is 13.2 Å². The van der Waals surface area contributed by atoms with Crippen LogP contribution in [0.25, 0.3) is 0 Å². The van der Waals surface area contributed by atoms with Gasteiger partial charge in [-0.2, -0.15) is 0 Å². The van der Waals surface area contributed by atoms with Crippen LogP contribution < -0.4 is 15.8 Å². The number of rotatable bonds is 5. The molecular formula is C10H15ClN2O. The van der Waals surface area contributed by atoms with Crippen molar-refractivity contribution in [3.63, 3.8) is 0 Å².